The maximum atomic E-state index is 13.6. The van der Waals surface area contributed by atoms with Crippen LogP contribution in [0.3, 0.4) is 0 Å². The fourth-order valence-corrected chi connectivity index (χ4v) is 1.87. The Hall–Kier alpha value is -1.29. The van der Waals surface area contributed by atoms with Gasteiger partial charge in [-0.1, -0.05) is 6.07 Å². The van der Waals surface area contributed by atoms with Crippen LogP contribution in [-0.4, -0.2) is 11.3 Å². The van der Waals surface area contributed by atoms with Crippen molar-refractivity contribution >= 4 is 5.78 Å². The molecule has 0 unspecified atom stereocenters. The number of rotatable bonds is 2. The molecule has 0 aromatic heterocycles. The third-order valence-electron chi connectivity index (χ3n) is 3.22. The monoisotopic (exact) mass is 225 g/mol. The Morgan fingerprint density at radius 1 is 1.31 bits per heavy atom. The average Bonchev–Trinajstić information content (AvgIpc) is 2.22. The van der Waals surface area contributed by atoms with Gasteiger partial charge in [-0.3, -0.25) is 4.79 Å². The molecule has 1 fully saturated rings. The predicted molar refractivity (Wildman–Crippen MR) is 56.2 cm³/mol. The first kappa shape index (κ1) is 11.2. The van der Waals surface area contributed by atoms with E-state index in [1.54, 1.807) is 0 Å². The number of halogens is 2. The molecule has 4 heteroatoms. The van der Waals surface area contributed by atoms with Crippen molar-refractivity contribution in [3.05, 3.63) is 34.9 Å². The number of Topliss-reactive ketones (excluding diaryl/α,β-unsaturated/α-hetero) is 1. The van der Waals surface area contributed by atoms with Crippen molar-refractivity contribution < 1.29 is 13.6 Å². The van der Waals surface area contributed by atoms with Gasteiger partial charge in [0.1, 0.15) is 0 Å². The Kier molecular flexibility index (Phi) is 2.54. The molecule has 2 N–H and O–H groups in total. The quantitative estimate of drug-likeness (QED) is 0.785. The molecule has 1 aromatic rings. The molecule has 0 amide bonds. The van der Waals surface area contributed by atoms with Crippen molar-refractivity contribution in [1.29, 1.82) is 0 Å². The summed E-state index contributed by atoms with van der Waals surface area (Å²) in [6.07, 6.45) is 1.94. The molecular weight excluding hydrogens is 212 g/mol. The second-order valence-corrected chi connectivity index (χ2v) is 4.40. The molecule has 0 atom stereocenters. The van der Waals surface area contributed by atoms with Crippen LogP contribution in [0, 0.1) is 18.6 Å². The second kappa shape index (κ2) is 3.63. The standard InChI is InChI=1S/C12H13F2NO/c1-7-3-4-8(10(14)9(7)13)11(16)12(15)5-2-6-12/h3-4H,2,5-6,15H2,1H3. The summed E-state index contributed by atoms with van der Waals surface area (Å²) in [6.45, 7) is 1.45. The summed E-state index contributed by atoms with van der Waals surface area (Å²) >= 11 is 0. The maximum absolute atomic E-state index is 13.6. The van der Waals surface area contributed by atoms with Crippen LogP contribution < -0.4 is 5.73 Å². The lowest BCUT2D eigenvalue weighted by molar-refractivity contribution is 0.0795. The van der Waals surface area contributed by atoms with Gasteiger partial charge in [-0.05, 0) is 37.8 Å². The molecule has 16 heavy (non-hydrogen) atoms. The smallest absolute Gasteiger partial charge is 0.185 e. The number of hydrogen-bond donors (Lipinski definition) is 1. The zero-order chi connectivity index (χ0) is 11.9. The Morgan fingerprint density at radius 3 is 2.44 bits per heavy atom. The van der Waals surface area contributed by atoms with Crippen LogP contribution in [0.15, 0.2) is 12.1 Å². The summed E-state index contributed by atoms with van der Waals surface area (Å²) in [5, 5.41) is 0. The minimum Gasteiger partial charge on any atom is -0.319 e. The molecule has 0 radical (unpaired) electrons. The first-order chi connectivity index (χ1) is 7.46. The van der Waals surface area contributed by atoms with E-state index in [1.165, 1.54) is 19.1 Å². The van der Waals surface area contributed by atoms with Gasteiger partial charge in [-0.15, -0.1) is 0 Å². The Bertz CT molecular complexity index is 453. The van der Waals surface area contributed by atoms with Crippen LogP contribution in [0.5, 0.6) is 0 Å². The Labute approximate surface area is 92.4 Å². The van der Waals surface area contributed by atoms with Crippen LogP contribution in [0.2, 0.25) is 0 Å². The molecule has 2 rings (SSSR count). The Morgan fingerprint density at radius 2 is 1.94 bits per heavy atom. The highest BCUT2D eigenvalue weighted by Gasteiger charge is 2.41. The Balaban J connectivity index is 2.41. The van der Waals surface area contributed by atoms with Crippen LogP contribution in [-0.2, 0) is 0 Å². The highest BCUT2D eigenvalue weighted by atomic mass is 19.2. The fraction of sp³-hybridized carbons (Fsp3) is 0.417. The van der Waals surface area contributed by atoms with Crippen molar-refractivity contribution in [3.8, 4) is 0 Å². The molecule has 2 nitrogen and oxygen atoms in total. The summed E-state index contributed by atoms with van der Waals surface area (Å²) in [6, 6.07) is 2.71. The van der Waals surface area contributed by atoms with Gasteiger partial charge in [-0.2, -0.15) is 0 Å². The summed E-state index contributed by atoms with van der Waals surface area (Å²) < 4.78 is 26.8. The molecule has 1 aliphatic carbocycles. The normalized spacial score (nSPS) is 18.0. The second-order valence-electron chi connectivity index (χ2n) is 4.40. The fourth-order valence-electron chi connectivity index (χ4n) is 1.87. The SMILES string of the molecule is Cc1ccc(C(=O)C2(N)CCC2)c(F)c1F. The molecular formula is C12H13F2NO. The molecule has 86 valence electrons. The number of nitrogens with two attached hydrogens (primary N) is 1. The van der Waals surface area contributed by atoms with Gasteiger partial charge < -0.3 is 5.73 Å². The van der Waals surface area contributed by atoms with Gasteiger partial charge in [0, 0.05) is 0 Å². The van der Waals surface area contributed by atoms with Crippen molar-refractivity contribution in [2.45, 2.75) is 31.7 Å². The molecule has 0 saturated heterocycles. The topological polar surface area (TPSA) is 43.1 Å². The van der Waals surface area contributed by atoms with Crippen LogP contribution in [0.1, 0.15) is 35.2 Å². The zero-order valence-electron chi connectivity index (χ0n) is 9.02. The zero-order valence-corrected chi connectivity index (χ0v) is 9.02. The number of aryl methyl sites for hydroxylation is 1. The number of carbonyl (C=O) groups is 1. The number of ketones is 1. The van der Waals surface area contributed by atoms with Crippen LogP contribution >= 0.6 is 0 Å². The molecule has 1 aromatic carbocycles. The third-order valence-corrected chi connectivity index (χ3v) is 3.22. The van der Waals surface area contributed by atoms with Gasteiger partial charge in [0.15, 0.2) is 17.4 Å². The average molecular weight is 225 g/mol. The van der Waals surface area contributed by atoms with E-state index in [2.05, 4.69) is 0 Å². The van der Waals surface area contributed by atoms with Gasteiger partial charge in [-0.25, -0.2) is 8.78 Å². The van der Waals surface area contributed by atoms with E-state index in [0.29, 0.717) is 12.8 Å². The lowest BCUT2D eigenvalue weighted by atomic mass is 9.72. The molecule has 0 spiro atoms. The van der Waals surface area contributed by atoms with E-state index in [9.17, 15) is 13.6 Å². The van der Waals surface area contributed by atoms with Crippen molar-refractivity contribution in [2.24, 2.45) is 5.73 Å². The molecule has 1 aliphatic rings. The number of hydrogen-bond acceptors (Lipinski definition) is 2. The molecule has 0 aliphatic heterocycles. The lowest BCUT2D eigenvalue weighted by Crippen LogP contribution is -2.53. The van der Waals surface area contributed by atoms with E-state index < -0.39 is 23.0 Å². The number of benzene rings is 1. The van der Waals surface area contributed by atoms with E-state index in [0.717, 1.165) is 6.42 Å². The van der Waals surface area contributed by atoms with E-state index in [1.807, 2.05) is 0 Å². The largest absolute Gasteiger partial charge is 0.319 e. The van der Waals surface area contributed by atoms with Gasteiger partial charge in [0.05, 0.1) is 11.1 Å². The summed E-state index contributed by atoms with van der Waals surface area (Å²) in [4.78, 5) is 11.9. The minimum atomic E-state index is -1.08. The number of carbonyl (C=O) groups excluding carboxylic acids is 1. The summed E-state index contributed by atoms with van der Waals surface area (Å²) in [5.41, 5.74) is 4.77. The third kappa shape index (κ3) is 1.53. The van der Waals surface area contributed by atoms with Crippen molar-refractivity contribution in [2.75, 3.05) is 0 Å². The first-order valence-corrected chi connectivity index (χ1v) is 5.24. The predicted octanol–water partition coefficient (Wildman–Crippen LogP) is 2.34. The van der Waals surface area contributed by atoms with E-state index in [4.69, 9.17) is 5.73 Å². The molecule has 0 heterocycles. The summed E-state index contributed by atoms with van der Waals surface area (Å²) in [7, 11) is 0. The molecule has 0 bridgehead atoms. The summed E-state index contributed by atoms with van der Waals surface area (Å²) in [5.74, 6) is -2.54. The van der Waals surface area contributed by atoms with Gasteiger partial charge in [0.25, 0.3) is 0 Å². The van der Waals surface area contributed by atoms with Gasteiger partial charge >= 0.3 is 0 Å². The van der Waals surface area contributed by atoms with E-state index >= 15 is 0 Å². The van der Waals surface area contributed by atoms with E-state index in [-0.39, 0.29) is 11.1 Å². The minimum absolute atomic E-state index is 0.189. The molecule has 1 saturated carbocycles. The highest BCUT2D eigenvalue weighted by molar-refractivity contribution is 6.04. The van der Waals surface area contributed by atoms with Crippen LogP contribution in [0.25, 0.3) is 0 Å². The van der Waals surface area contributed by atoms with Crippen LogP contribution in [0.4, 0.5) is 8.78 Å². The van der Waals surface area contributed by atoms with Crippen molar-refractivity contribution in [1.82, 2.24) is 0 Å². The lowest BCUT2D eigenvalue weighted by Gasteiger charge is -2.36. The van der Waals surface area contributed by atoms with Gasteiger partial charge in [0.2, 0.25) is 0 Å². The first-order valence-electron chi connectivity index (χ1n) is 5.24. The van der Waals surface area contributed by atoms with Crippen molar-refractivity contribution in [3.63, 3.8) is 0 Å². The highest BCUT2D eigenvalue weighted by Crippen LogP contribution is 2.33. The maximum Gasteiger partial charge on any atom is 0.185 e.